The average Bonchev–Trinajstić information content (AvgIpc) is 2.32. The first-order valence-corrected chi connectivity index (χ1v) is 6.52. The van der Waals surface area contributed by atoms with E-state index in [0.717, 1.165) is 11.3 Å². The highest BCUT2D eigenvalue weighted by Gasteiger charge is 2.10. The van der Waals surface area contributed by atoms with Gasteiger partial charge in [0.1, 0.15) is 12.4 Å². The van der Waals surface area contributed by atoms with E-state index in [4.69, 9.17) is 14.2 Å². The molecular formula is C15H24O3. The first kappa shape index (κ1) is 15.0. The minimum atomic E-state index is -0.291. The molecule has 0 aliphatic rings. The topological polar surface area (TPSA) is 27.7 Å². The first-order chi connectivity index (χ1) is 8.58. The van der Waals surface area contributed by atoms with Gasteiger partial charge in [-0.25, -0.2) is 0 Å². The van der Waals surface area contributed by atoms with E-state index in [2.05, 4.69) is 32.9 Å². The van der Waals surface area contributed by atoms with Gasteiger partial charge in [-0.2, -0.15) is 0 Å². The Bertz CT molecular complexity index is 368. The maximum Gasteiger partial charge on any atom is 0.191 e. The van der Waals surface area contributed by atoms with Gasteiger partial charge in [-0.1, -0.05) is 6.07 Å². The van der Waals surface area contributed by atoms with Gasteiger partial charge in [0.05, 0.1) is 0 Å². The minimum Gasteiger partial charge on any atom is -0.488 e. The molecule has 1 aromatic carbocycles. The van der Waals surface area contributed by atoms with Crippen molar-refractivity contribution in [3.05, 3.63) is 28.8 Å². The summed E-state index contributed by atoms with van der Waals surface area (Å²) < 4.78 is 16.7. The van der Waals surface area contributed by atoms with Gasteiger partial charge in [0.25, 0.3) is 0 Å². The van der Waals surface area contributed by atoms with Crippen molar-refractivity contribution in [3.63, 3.8) is 0 Å². The normalized spacial score (nSPS) is 11.0. The molecule has 18 heavy (non-hydrogen) atoms. The summed E-state index contributed by atoms with van der Waals surface area (Å²) in [5.74, 6) is 0.905. The molecule has 0 amide bonds. The second-order valence-electron chi connectivity index (χ2n) is 4.35. The fourth-order valence-corrected chi connectivity index (χ4v) is 1.76. The van der Waals surface area contributed by atoms with Crippen LogP contribution in [0.2, 0.25) is 0 Å². The Balaban J connectivity index is 2.64. The predicted octanol–water partition coefficient (Wildman–Crippen LogP) is 3.39. The van der Waals surface area contributed by atoms with E-state index in [0.29, 0.717) is 19.8 Å². The number of hydrogen-bond acceptors (Lipinski definition) is 3. The number of aryl methyl sites for hydroxylation is 3. The van der Waals surface area contributed by atoms with Crippen molar-refractivity contribution in [2.75, 3.05) is 19.8 Å². The number of hydrogen-bond donors (Lipinski definition) is 0. The van der Waals surface area contributed by atoms with Crippen molar-refractivity contribution >= 4 is 0 Å². The molecule has 0 N–H and O–H groups in total. The largest absolute Gasteiger partial charge is 0.488 e. The zero-order chi connectivity index (χ0) is 13.5. The molecule has 3 heteroatoms. The predicted molar refractivity (Wildman–Crippen MR) is 73.2 cm³/mol. The van der Waals surface area contributed by atoms with Gasteiger partial charge >= 0.3 is 0 Å². The van der Waals surface area contributed by atoms with E-state index in [1.807, 2.05) is 13.8 Å². The van der Waals surface area contributed by atoms with Crippen LogP contribution in [0, 0.1) is 20.8 Å². The monoisotopic (exact) mass is 252 g/mol. The van der Waals surface area contributed by atoms with Crippen molar-refractivity contribution < 1.29 is 14.2 Å². The third-order valence-electron chi connectivity index (χ3n) is 2.87. The third kappa shape index (κ3) is 4.31. The van der Waals surface area contributed by atoms with Gasteiger partial charge in [0.15, 0.2) is 6.29 Å². The molecule has 0 saturated carbocycles. The van der Waals surface area contributed by atoms with Crippen LogP contribution >= 0.6 is 0 Å². The smallest absolute Gasteiger partial charge is 0.191 e. The summed E-state index contributed by atoms with van der Waals surface area (Å²) in [7, 11) is 0. The Morgan fingerprint density at radius 2 is 1.44 bits per heavy atom. The summed E-state index contributed by atoms with van der Waals surface area (Å²) in [5.41, 5.74) is 3.66. The molecule has 0 aliphatic carbocycles. The molecule has 0 fully saturated rings. The van der Waals surface area contributed by atoms with Crippen LogP contribution in [-0.2, 0) is 9.47 Å². The average molecular weight is 252 g/mol. The first-order valence-electron chi connectivity index (χ1n) is 6.52. The Labute approximate surface area is 110 Å². The Kier molecular flexibility index (Phi) is 6.16. The highest BCUT2D eigenvalue weighted by Crippen LogP contribution is 2.22. The second kappa shape index (κ2) is 7.39. The van der Waals surface area contributed by atoms with Crippen LogP contribution in [0.15, 0.2) is 12.1 Å². The number of ether oxygens (including phenoxy) is 3. The molecule has 0 radical (unpaired) electrons. The summed E-state index contributed by atoms with van der Waals surface area (Å²) in [4.78, 5) is 0. The number of rotatable bonds is 7. The Morgan fingerprint density at radius 1 is 0.889 bits per heavy atom. The lowest BCUT2D eigenvalue weighted by Gasteiger charge is -2.19. The van der Waals surface area contributed by atoms with E-state index >= 15 is 0 Å². The van der Waals surface area contributed by atoms with Crippen LogP contribution in [0.1, 0.15) is 30.5 Å². The molecule has 3 nitrogen and oxygen atoms in total. The Morgan fingerprint density at radius 3 is 2.00 bits per heavy atom. The molecule has 0 atom stereocenters. The lowest BCUT2D eigenvalue weighted by atomic mass is 10.1. The van der Waals surface area contributed by atoms with Crippen molar-refractivity contribution in [2.24, 2.45) is 0 Å². The van der Waals surface area contributed by atoms with Gasteiger partial charge in [-0.05, 0) is 57.4 Å². The van der Waals surface area contributed by atoms with Crippen LogP contribution in [0.5, 0.6) is 5.75 Å². The van der Waals surface area contributed by atoms with E-state index in [-0.39, 0.29) is 6.29 Å². The van der Waals surface area contributed by atoms with E-state index < -0.39 is 0 Å². The number of benzene rings is 1. The van der Waals surface area contributed by atoms with Crippen molar-refractivity contribution in [2.45, 2.75) is 40.9 Å². The summed E-state index contributed by atoms with van der Waals surface area (Å²) >= 11 is 0. The molecule has 0 heterocycles. The second-order valence-corrected chi connectivity index (χ2v) is 4.35. The molecular weight excluding hydrogens is 228 g/mol. The minimum absolute atomic E-state index is 0.291. The van der Waals surface area contributed by atoms with Crippen molar-refractivity contribution in [1.82, 2.24) is 0 Å². The summed E-state index contributed by atoms with van der Waals surface area (Å²) in [5, 5.41) is 0. The molecule has 1 aromatic rings. The highest BCUT2D eigenvalue weighted by molar-refractivity contribution is 5.40. The standard InChI is InChI=1S/C15H24O3/c1-6-16-15(17-7-2)10-18-14-9-12(4)11(3)8-13(14)5/h8-9,15H,6-7,10H2,1-5H3. The van der Waals surface area contributed by atoms with Crippen LogP contribution < -0.4 is 4.74 Å². The van der Waals surface area contributed by atoms with E-state index in [1.54, 1.807) is 0 Å². The zero-order valence-electron chi connectivity index (χ0n) is 12.1. The molecule has 0 aliphatic heterocycles. The lowest BCUT2D eigenvalue weighted by Crippen LogP contribution is -2.25. The van der Waals surface area contributed by atoms with Crippen LogP contribution in [0.3, 0.4) is 0 Å². The highest BCUT2D eigenvalue weighted by atomic mass is 16.7. The SMILES string of the molecule is CCOC(COc1cc(C)c(C)cc1C)OCC. The van der Waals surface area contributed by atoms with Crippen molar-refractivity contribution in [3.8, 4) is 5.75 Å². The molecule has 102 valence electrons. The van der Waals surface area contributed by atoms with E-state index in [9.17, 15) is 0 Å². The fraction of sp³-hybridized carbons (Fsp3) is 0.600. The quantitative estimate of drug-likeness (QED) is 0.696. The van der Waals surface area contributed by atoms with Crippen LogP contribution in [0.4, 0.5) is 0 Å². The van der Waals surface area contributed by atoms with Gasteiger partial charge in [0, 0.05) is 13.2 Å². The van der Waals surface area contributed by atoms with Crippen molar-refractivity contribution in [1.29, 1.82) is 0 Å². The van der Waals surface area contributed by atoms with Gasteiger partial charge in [0.2, 0.25) is 0 Å². The van der Waals surface area contributed by atoms with Gasteiger partial charge in [-0.3, -0.25) is 0 Å². The molecule has 0 bridgehead atoms. The van der Waals surface area contributed by atoms with Crippen LogP contribution in [-0.4, -0.2) is 26.1 Å². The summed E-state index contributed by atoms with van der Waals surface area (Å²) in [6.07, 6.45) is -0.291. The third-order valence-corrected chi connectivity index (χ3v) is 2.87. The van der Waals surface area contributed by atoms with Gasteiger partial charge in [-0.15, -0.1) is 0 Å². The van der Waals surface area contributed by atoms with Gasteiger partial charge < -0.3 is 14.2 Å². The summed E-state index contributed by atoms with van der Waals surface area (Å²) in [6.45, 7) is 11.8. The molecule has 0 saturated heterocycles. The molecule has 0 spiro atoms. The van der Waals surface area contributed by atoms with E-state index in [1.165, 1.54) is 11.1 Å². The lowest BCUT2D eigenvalue weighted by molar-refractivity contribution is -0.152. The zero-order valence-corrected chi connectivity index (χ0v) is 12.1. The molecule has 1 rings (SSSR count). The summed E-state index contributed by atoms with van der Waals surface area (Å²) in [6, 6.07) is 4.21. The molecule has 0 unspecified atom stereocenters. The molecule has 0 aromatic heterocycles. The fourth-order valence-electron chi connectivity index (χ4n) is 1.76. The maximum absolute atomic E-state index is 5.79. The maximum atomic E-state index is 5.79. The van der Waals surface area contributed by atoms with Crippen LogP contribution in [0.25, 0.3) is 0 Å². The Hall–Kier alpha value is -1.06.